The normalized spacial score (nSPS) is 17.2. The van der Waals surface area contributed by atoms with Gasteiger partial charge in [-0.15, -0.1) is 0 Å². The molecule has 6 heteroatoms. The number of rotatable bonds is 3. The lowest BCUT2D eigenvalue weighted by atomic mass is 10.1. The molecule has 4 nitrogen and oxygen atoms in total. The SMILES string of the molecule is CC(c1ccc(F)cc1F)N1CCN(c2nc3ccccc3[nH]2)CC1. The molecule has 1 saturated heterocycles. The number of imidazole rings is 1. The number of aromatic nitrogens is 2. The number of fused-ring (bicyclic) bond motifs is 1. The average Bonchev–Trinajstić information content (AvgIpc) is 3.05. The van der Waals surface area contributed by atoms with E-state index in [2.05, 4.69) is 19.8 Å². The number of hydrogen-bond acceptors (Lipinski definition) is 3. The maximum atomic E-state index is 14.0. The first-order valence-electron chi connectivity index (χ1n) is 8.50. The fourth-order valence-electron chi connectivity index (χ4n) is 3.45. The van der Waals surface area contributed by atoms with Crippen molar-refractivity contribution < 1.29 is 8.78 Å². The molecule has 2 aromatic carbocycles. The highest BCUT2D eigenvalue weighted by Gasteiger charge is 2.25. The van der Waals surface area contributed by atoms with Gasteiger partial charge in [0.1, 0.15) is 11.6 Å². The molecular formula is C19H20F2N4. The molecule has 1 aliphatic heterocycles. The standard InChI is InChI=1S/C19H20F2N4/c1-13(15-7-6-14(20)12-16(15)21)24-8-10-25(11-9-24)19-22-17-4-2-3-5-18(17)23-19/h2-7,12-13H,8-11H2,1H3,(H,22,23). The van der Waals surface area contributed by atoms with Crippen molar-refractivity contribution in [3.8, 4) is 0 Å². The van der Waals surface area contributed by atoms with E-state index in [1.54, 1.807) is 6.07 Å². The number of H-pyrrole nitrogens is 1. The highest BCUT2D eigenvalue weighted by Crippen LogP contribution is 2.26. The van der Waals surface area contributed by atoms with Gasteiger partial charge >= 0.3 is 0 Å². The summed E-state index contributed by atoms with van der Waals surface area (Å²) in [5.41, 5.74) is 2.53. The van der Waals surface area contributed by atoms with Crippen LogP contribution in [0.2, 0.25) is 0 Å². The van der Waals surface area contributed by atoms with Crippen molar-refractivity contribution >= 4 is 17.0 Å². The van der Waals surface area contributed by atoms with Gasteiger partial charge in [0.25, 0.3) is 0 Å². The second-order valence-corrected chi connectivity index (χ2v) is 6.44. The Morgan fingerprint density at radius 1 is 1.04 bits per heavy atom. The van der Waals surface area contributed by atoms with Crippen LogP contribution in [0.1, 0.15) is 18.5 Å². The number of hydrogen-bond donors (Lipinski definition) is 1. The third-order valence-electron chi connectivity index (χ3n) is 4.95. The van der Waals surface area contributed by atoms with Crippen LogP contribution in [0.4, 0.5) is 14.7 Å². The van der Waals surface area contributed by atoms with Gasteiger partial charge < -0.3 is 9.88 Å². The predicted octanol–water partition coefficient (Wildman–Crippen LogP) is 3.72. The number of halogens is 2. The Labute approximate surface area is 145 Å². The fourth-order valence-corrected chi connectivity index (χ4v) is 3.45. The minimum Gasteiger partial charge on any atom is -0.340 e. The number of anilines is 1. The van der Waals surface area contributed by atoms with Gasteiger partial charge in [0.2, 0.25) is 5.95 Å². The zero-order valence-corrected chi connectivity index (χ0v) is 14.0. The molecule has 1 N–H and O–H groups in total. The smallest absolute Gasteiger partial charge is 0.203 e. The minimum atomic E-state index is -0.539. The van der Waals surface area contributed by atoms with Crippen molar-refractivity contribution in [2.24, 2.45) is 0 Å². The summed E-state index contributed by atoms with van der Waals surface area (Å²) in [7, 11) is 0. The molecule has 0 saturated carbocycles. The van der Waals surface area contributed by atoms with Crippen LogP contribution < -0.4 is 4.90 Å². The molecule has 1 unspecified atom stereocenters. The topological polar surface area (TPSA) is 35.2 Å². The highest BCUT2D eigenvalue weighted by atomic mass is 19.1. The molecule has 2 heterocycles. The molecule has 1 fully saturated rings. The molecule has 1 atom stereocenters. The Kier molecular flexibility index (Phi) is 4.13. The maximum Gasteiger partial charge on any atom is 0.203 e. The molecule has 0 radical (unpaired) electrons. The summed E-state index contributed by atoms with van der Waals surface area (Å²) in [5, 5.41) is 0. The van der Waals surface area contributed by atoms with Gasteiger partial charge in [0, 0.05) is 43.9 Å². The molecule has 130 valence electrons. The summed E-state index contributed by atoms with van der Waals surface area (Å²) in [4.78, 5) is 12.4. The summed E-state index contributed by atoms with van der Waals surface area (Å²) in [6.07, 6.45) is 0. The Balaban J connectivity index is 1.45. The maximum absolute atomic E-state index is 14.0. The third kappa shape index (κ3) is 3.09. The van der Waals surface area contributed by atoms with E-state index in [0.29, 0.717) is 5.56 Å². The van der Waals surface area contributed by atoms with E-state index in [1.165, 1.54) is 6.07 Å². The van der Waals surface area contributed by atoms with E-state index in [4.69, 9.17) is 0 Å². The largest absolute Gasteiger partial charge is 0.340 e. The van der Waals surface area contributed by atoms with Crippen LogP contribution >= 0.6 is 0 Å². The number of benzene rings is 2. The molecule has 0 bridgehead atoms. The van der Waals surface area contributed by atoms with Gasteiger partial charge in [0.15, 0.2) is 0 Å². The van der Waals surface area contributed by atoms with Crippen LogP contribution in [0.25, 0.3) is 11.0 Å². The zero-order valence-electron chi connectivity index (χ0n) is 14.0. The summed E-state index contributed by atoms with van der Waals surface area (Å²) in [5.74, 6) is -0.142. The van der Waals surface area contributed by atoms with Crippen molar-refractivity contribution in [2.45, 2.75) is 13.0 Å². The fraction of sp³-hybridized carbons (Fsp3) is 0.316. The van der Waals surface area contributed by atoms with Gasteiger partial charge in [-0.3, -0.25) is 4.90 Å². The molecule has 0 aliphatic carbocycles. The van der Waals surface area contributed by atoms with Gasteiger partial charge in [-0.1, -0.05) is 18.2 Å². The zero-order chi connectivity index (χ0) is 17.4. The van der Waals surface area contributed by atoms with Gasteiger partial charge in [0.05, 0.1) is 11.0 Å². The van der Waals surface area contributed by atoms with E-state index in [9.17, 15) is 8.78 Å². The van der Waals surface area contributed by atoms with E-state index < -0.39 is 11.6 Å². The number of nitrogens with zero attached hydrogens (tertiary/aromatic N) is 3. The number of para-hydroxylation sites is 2. The Bertz CT molecular complexity index is 851. The molecule has 0 spiro atoms. The van der Waals surface area contributed by atoms with Crippen molar-refractivity contribution in [2.75, 3.05) is 31.1 Å². The first-order chi connectivity index (χ1) is 12.1. The van der Waals surface area contributed by atoms with Gasteiger partial charge in [-0.25, -0.2) is 13.8 Å². The van der Waals surface area contributed by atoms with Gasteiger partial charge in [-0.05, 0) is 25.1 Å². The first-order valence-corrected chi connectivity index (χ1v) is 8.50. The third-order valence-corrected chi connectivity index (χ3v) is 4.95. The second-order valence-electron chi connectivity index (χ2n) is 6.44. The summed E-state index contributed by atoms with van der Waals surface area (Å²) in [6, 6.07) is 11.7. The molecule has 1 aliphatic rings. The van der Waals surface area contributed by atoms with E-state index >= 15 is 0 Å². The minimum absolute atomic E-state index is 0.0848. The molecule has 0 amide bonds. The van der Waals surface area contributed by atoms with Crippen LogP contribution in [-0.4, -0.2) is 41.0 Å². The molecular weight excluding hydrogens is 322 g/mol. The monoisotopic (exact) mass is 342 g/mol. The lowest BCUT2D eigenvalue weighted by molar-refractivity contribution is 0.194. The van der Waals surface area contributed by atoms with E-state index in [1.807, 2.05) is 31.2 Å². The Hall–Kier alpha value is -2.47. The number of aromatic amines is 1. The number of piperazine rings is 1. The average molecular weight is 342 g/mol. The second kappa shape index (κ2) is 6.44. The molecule has 25 heavy (non-hydrogen) atoms. The Morgan fingerprint density at radius 2 is 1.80 bits per heavy atom. The summed E-state index contributed by atoms with van der Waals surface area (Å²) in [6.45, 7) is 5.19. The van der Waals surface area contributed by atoms with Gasteiger partial charge in [-0.2, -0.15) is 0 Å². The molecule has 1 aromatic heterocycles. The first kappa shape index (κ1) is 16.0. The molecule has 4 rings (SSSR count). The quantitative estimate of drug-likeness (QED) is 0.788. The van der Waals surface area contributed by atoms with E-state index in [0.717, 1.165) is 49.2 Å². The highest BCUT2D eigenvalue weighted by molar-refractivity contribution is 5.77. The van der Waals surface area contributed by atoms with Crippen molar-refractivity contribution in [1.82, 2.24) is 14.9 Å². The van der Waals surface area contributed by atoms with Crippen molar-refractivity contribution in [1.29, 1.82) is 0 Å². The van der Waals surface area contributed by atoms with Crippen LogP contribution in [0.3, 0.4) is 0 Å². The van der Waals surface area contributed by atoms with E-state index in [-0.39, 0.29) is 6.04 Å². The van der Waals surface area contributed by atoms with Crippen molar-refractivity contribution in [3.05, 3.63) is 59.7 Å². The Morgan fingerprint density at radius 3 is 2.52 bits per heavy atom. The van der Waals surface area contributed by atoms with Crippen LogP contribution in [0.5, 0.6) is 0 Å². The summed E-state index contributed by atoms with van der Waals surface area (Å²) < 4.78 is 27.1. The predicted molar refractivity (Wildman–Crippen MR) is 94.7 cm³/mol. The number of nitrogens with one attached hydrogen (secondary N) is 1. The van der Waals surface area contributed by atoms with Crippen LogP contribution in [0.15, 0.2) is 42.5 Å². The van der Waals surface area contributed by atoms with Crippen LogP contribution in [0, 0.1) is 11.6 Å². The lowest BCUT2D eigenvalue weighted by Crippen LogP contribution is -2.47. The van der Waals surface area contributed by atoms with Crippen LogP contribution in [-0.2, 0) is 0 Å². The lowest BCUT2D eigenvalue weighted by Gasteiger charge is -2.38. The summed E-state index contributed by atoms with van der Waals surface area (Å²) >= 11 is 0. The molecule has 3 aromatic rings. The van der Waals surface area contributed by atoms with Crippen molar-refractivity contribution in [3.63, 3.8) is 0 Å².